The predicted molar refractivity (Wildman–Crippen MR) is 76.7 cm³/mol. The number of hydrogen-bond acceptors (Lipinski definition) is 6. The summed E-state index contributed by atoms with van der Waals surface area (Å²) in [7, 11) is 3.45. The molecule has 0 bridgehead atoms. The van der Waals surface area contributed by atoms with E-state index in [-0.39, 0.29) is 0 Å². The van der Waals surface area contributed by atoms with Gasteiger partial charge in [0.2, 0.25) is 0 Å². The van der Waals surface area contributed by atoms with Crippen molar-refractivity contribution in [2.45, 2.75) is 32.8 Å². The molecule has 1 aromatic heterocycles. The smallest absolute Gasteiger partial charge is 0.134 e. The third-order valence-corrected chi connectivity index (χ3v) is 2.98. The average molecular weight is 268 g/mol. The van der Waals surface area contributed by atoms with Gasteiger partial charge in [0.15, 0.2) is 0 Å². The van der Waals surface area contributed by atoms with Gasteiger partial charge in [0.05, 0.1) is 5.60 Å². The molecule has 0 spiro atoms. The first-order valence-corrected chi connectivity index (χ1v) is 6.38. The van der Waals surface area contributed by atoms with Crippen molar-refractivity contribution in [3.05, 3.63) is 11.4 Å². The lowest BCUT2D eigenvalue weighted by molar-refractivity contribution is 0.0357. The van der Waals surface area contributed by atoms with Crippen molar-refractivity contribution in [3.8, 4) is 0 Å². The summed E-state index contributed by atoms with van der Waals surface area (Å²) >= 11 is 0. The monoisotopic (exact) mass is 268 g/mol. The molecule has 0 saturated carbocycles. The molecule has 19 heavy (non-hydrogen) atoms. The number of aryl methyl sites for hydroxylation is 1. The number of anilines is 2. The number of aliphatic hydroxyl groups is 1. The molecule has 1 rings (SSSR count). The SMILES string of the molecule is CNc1nc(C)nc(NCC(C)(O)CCOC)c1C. The maximum Gasteiger partial charge on any atom is 0.134 e. The van der Waals surface area contributed by atoms with Crippen molar-refractivity contribution in [1.29, 1.82) is 0 Å². The number of rotatable bonds is 7. The fourth-order valence-corrected chi connectivity index (χ4v) is 1.73. The van der Waals surface area contributed by atoms with E-state index in [1.54, 1.807) is 14.0 Å². The normalized spacial score (nSPS) is 14.0. The van der Waals surface area contributed by atoms with Crippen LogP contribution in [0.4, 0.5) is 11.6 Å². The Morgan fingerprint density at radius 3 is 2.47 bits per heavy atom. The summed E-state index contributed by atoms with van der Waals surface area (Å²) in [6.07, 6.45) is 0.568. The van der Waals surface area contributed by atoms with Crippen LogP contribution in [0, 0.1) is 13.8 Å². The summed E-state index contributed by atoms with van der Waals surface area (Å²) in [6.45, 7) is 6.50. The van der Waals surface area contributed by atoms with Crippen molar-refractivity contribution < 1.29 is 9.84 Å². The third kappa shape index (κ3) is 4.65. The second-order valence-corrected chi connectivity index (χ2v) is 4.94. The molecular formula is C13H24N4O2. The van der Waals surface area contributed by atoms with E-state index in [4.69, 9.17) is 4.74 Å². The largest absolute Gasteiger partial charge is 0.388 e. The molecule has 1 unspecified atom stereocenters. The zero-order valence-corrected chi connectivity index (χ0v) is 12.4. The highest BCUT2D eigenvalue weighted by Gasteiger charge is 2.20. The molecule has 0 saturated heterocycles. The van der Waals surface area contributed by atoms with Gasteiger partial charge in [-0.25, -0.2) is 9.97 Å². The quantitative estimate of drug-likeness (QED) is 0.692. The first-order chi connectivity index (χ1) is 8.89. The lowest BCUT2D eigenvalue weighted by Crippen LogP contribution is -2.35. The van der Waals surface area contributed by atoms with E-state index < -0.39 is 5.60 Å². The average Bonchev–Trinajstić information content (AvgIpc) is 2.37. The van der Waals surface area contributed by atoms with Crippen LogP contribution in [0.2, 0.25) is 0 Å². The van der Waals surface area contributed by atoms with Crippen LogP contribution in [0.5, 0.6) is 0 Å². The molecule has 0 radical (unpaired) electrons. The molecular weight excluding hydrogens is 244 g/mol. The van der Waals surface area contributed by atoms with Gasteiger partial charge in [-0.2, -0.15) is 0 Å². The van der Waals surface area contributed by atoms with Crippen LogP contribution in [0.1, 0.15) is 24.7 Å². The summed E-state index contributed by atoms with van der Waals surface area (Å²) in [5.41, 5.74) is 0.108. The van der Waals surface area contributed by atoms with Gasteiger partial charge < -0.3 is 20.5 Å². The Balaban J connectivity index is 2.74. The molecule has 1 atom stereocenters. The lowest BCUT2D eigenvalue weighted by atomic mass is 10.0. The van der Waals surface area contributed by atoms with E-state index in [1.165, 1.54) is 0 Å². The van der Waals surface area contributed by atoms with Crippen molar-refractivity contribution in [3.63, 3.8) is 0 Å². The Hall–Kier alpha value is -1.40. The molecule has 0 aliphatic heterocycles. The summed E-state index contributed by atoms with van der Waals surface area (Å²) in [4.78, 5) is 8.66. The molecule has 0 aliphatic carbocycles. The minimum atomic E-state index is -0.832. The molecule has 0 fully saturated rings. The third-order valence-electron chi connectivity index (χ3n) is 2.98. The molecule has 0 aromatic carbocycles. The number of hydrogen-bond donors (Lipinski definition) is 3. The molecule has 1 heterocycles. The molecule has 0 aliphatic rings. The summed E-state index contributed by atoms with van der Waals surface area (Å²) in [5.74, 6) is 2.23. The van der Waals surface area contributed by atoms with Gasteiger partial charge in [0.1, 0.15) is 17.5 Å². The Bertz CT molecular complexity index is 421. The molecule has 6 nitrogen and oxygen atoms in total. The van der Waals surface area contributed by atoms with Crippen LogP contribution < -0.4 is 10.6 Å². The molecule has 108 valence electrons. The lowest BCUT2D eigenvalue weighted by Gasteiger charge is -2.24. The van der Waals surface area contributed by atoms with Crippen LogP contribution in [0.25, 0.3) is 0 Å². The second-order valence-electron chi connectivity index (χ2n) is 4.94. The number of nitrogens with one attached hydrogen (secondary N) is 2. The fourth-order valence-electron chi connectivity index (χ4n) is 1.73. The highest BCUT2D eigenvalue weighted by atomic mass is 16.5. The number of methoxy groups -OCH3 is 1. The Labute approximate surface area is 114 Å². The van der Waals surface area contributed by atoms with E-state index in [2.05, 4.69) is 20.6 Å². The van der Waals surface area contributed by atoms with Gasteiger partial charge in [-0.1, -0.05) is 0 Å². The predicted octanol–water partition coefficient (Wildman–Crippen LogP) is 1.33. The Morgan fingerprint density at radius 2 is 1.89 bits per heavy atom. The number of nitrogens with zero attached hydrogens (tertiary/aromatic N) is 2. The standard InChI is InChI=1S/C13H24N4O2/c1-9-11(14-4)16-10(2)17-12(9)15-8-13(3,18)6-7-19-5/h18H,6-8H2,1-5H3,(H2,14,15,16,17). The number of aromatic nitrogens is 2. The maximum atomic E-state index is 10.2. The fraction of sp³-hybridized carbons (Fsp3) is 0.692. The topological polar surface area (TPSA) is 79.3 Å². The summed E-state index contributed by atoms with van der Waals surface area (Å²) in [5, 5.41) is 16.4. The summed E-state index contributed by atoms with van der Waals surface area (Å²) in [6, 6.07) is 0. The maximum absolute atomic E-state index is 10.2. The van der Waals surface area contributed by atoms with Crippen LogP contribution in [-0.4, -0.2) is 48.0 Å². The van der Waals surface area contributed by atoms with E-state index >= 15 is 0 Å². The van der Waals surface area contributed by atoms with E-state index in [0.717, 1.165) is 17.2 Å². The Kier molecular flexibility index (Phi) is 5.50. The van der Waals surface area contributed by atoms with E-state index in [9.17, 15) is 5.11 Å². The molecule has 6 heteroatoms. The number of ether oxygens (including phenoxy) is 1. The van der Waals surface area contributed by atoms with Crippen molar-refractivity contribution in [1.82, 2.24) is 9.97 Å². The zero-order chi connectivity index (χ0) is 14.5. The summed E-state index contributed by atoms with van der Waals surface area (Å²) < 4.78 is 4.99. The zero-order valence-electron chi connectivity index (χ0n) is 12.4. The molecule has 0 amide bonds. The van der Waals surface area contributed by atoms with Gasteiger partial charge in [-0.15, -0.1) is 0 Å². The van der Waals surface area contributed by atoms with E-state index in [1.807, 2.05) is 20.9 Å². The Morgan fingerprint density at radius 1 is 1.26 bits per heavy atom. The van der Waals surface area contributed by atoms with Gasteiger partial charge in [-0.3, -0.25) is 0 Å². The molecule has 1 aromatic rings. The highest BCUT2D eigenvalue weighted by Crippen LogP contribution is 2.20. The first kappa shape index (κ1) is 15.7. The second kappa shape index (κ2) is 6.68. The van der Waals surface area contributed by atoms with Crippen LogP contribution >= 0.6 is 0 Å². The van der Waals surface area contributed by atoms with Gasteiger partial charge in [-0.05, 0) is 20.8 Å². The highest BCUT2D eigenvalue weighted by molar-refractivity contribution is 5.57. The van der Waals surface area contributed by atoms with Crippen molar-refractivity contribution in [2.24, 2.45) is 0 Å². The van der Waals surface area contributed by atoms with Gasteiger partial charge in [0, 0.05) is 39.3 Å². The van der Waals surface area contributed by atoms with E-state index in [0.29, 0.717) is 25.4 Å². The minimum Gasteiger partial charge on any atom is -0.388 e. The van der Waals surface area contributed by atoms with Gasteiger partial charge in [0.25, 0.3) is 0 Å². The van der Waals surface area contributed by atoms with Crippen LogP contribution in [-0.2, 0) is 4.74 Å². The van der Waals surface area contributed by atoms with Crippen LogP contribution in [0.15, 0.2) is 0 Å². The van der Waals surface area contributed by atoms with Crippen LogP contribution in [0.3, 0.4) is 0 Å². The van der Waals surface area contributed by atoms with Gasteiger partial charge >= 0.3 is 0 Å². The first-order valence-electron chi connectivity index (χ1n) is 6.38. The van der Waals surface area contributed by atoms with Crippen molar-refractivity contribution >= 4 is 11.6 Å². The minimum absolute atomic E-state index is 0.413. The molecule has 3 N–H and O–H groups in total. The van der Waals surface area contributed by atoms with Crippen molar-refractivity contribution in [2.75, 3.05) is 37.9 Å².